The third-order valence-corrected chi connectivity index (χ3v) is 6.86. The fourth-order valence-corrected chi connectivity index (χ4v) is 4.86. The molecule has 2 aliphatic heterocycles. The molecule has 4 rings (SSSR count). The van der Waals surface area contributed by atoms with Crippen LogP contribution in [0.4, 0.5) is 0 Å². The van der Waals surface area contributed by atoms with Crippen molar-refractivity contribution in [3.63, 3.8) is 0 Å². The van der Waals surface area contributed by atoms with Gasteiger partial charge in [-0.1, -0.05) is 17.9 Å². The number of nitrogens with one attached hydrogen (secondary N) is 1. The Morgan fingerprint density at radius 2 is 1.81 bits per heavy atom. The van der Waals surface area contributed by atoms with E-state index in [-0.39, 0.29) is 22.6 Å². The maximum absolute atomic E-state index is 13.8. The second kappa shape index (κ2) is 11.6. The van der Waals surface area contributed by atoms with E-state index in [0.717, 1.165) is 19.6 Å². The number of Topliss-reactive ketones (excluding diaryl/α,β-unsaturated/α-hetero) is 1. The number of phenolic OH excluding ortho intramolecular Hbond substituents is 1. The first-order chi connectivity index (χ1) is 17.9. The zero-order chi connectivity index (χ0) is 26.5. The zero-order valence-corrected chi connectivity index (χ0v) is 21.5. The van der Waals surface area contributed by atoms with Crippen LogP contribution in [-0.2, 0) is 9.59 Å². The number of fused-ring (bicyclic) bond motifs is 1. The molecule has 2 N–H and O–H groups in total. The van der Waals surface area contributed by atoms with Crippen molar-refractivity contribution in [2.24, 2.45) is 0 Å². The lowest BCUT2D eigenvalue weighted by Crippen LogP contribution is -3.11. The Kier molecular flexibility index (Phi) is 8.23. The van der Waals surface area contributed by atoms with Gasteiger partial charge in [-0.3, -0.25) is 9.59 Å². The predicted molar refractivity (Wildman–Crippen MR) is 135 cm³/mol. The van der Waals surface area contributed by atoms with Crippen LogP contribution in [0.25, 0.3) is 5.76 Å². The van der Waals surface area contributed by atoms with E-state index >= 15 is 0 Å². The van der Waals surface area contributed by atoms with Crippen LogP contribution in [0.15, 0.2) is 42.0 Å². The normalized spacial score (nSPS) is 18.5. The van der Waals surface area contributed by atoms with E-state index in [2.05, 4.69) is 13.8 Å². The fourth-order valence-electron chi connectivity index (χ4n) is 4.86. The smallest absolute Gasteiger partial charge is 0.295 e. The predicted octanol–water partition coefficient (Wildman–Crippen LogP) is 1.10. The summed E-state index contributed by atoms with van der Waals surface area (Å²) in [4.78, 5) is 29.4. The first-order valence-corrected chi connectivity index (χ1v) is 12.8. The number of carbonyl (C=O) groups excluding carboxylic acids is 2. The monoisotopic (exact) mass is 510 g/mol. The van der Waals surface area contributed by atoms with Crippen LogP contribution in [0.1, 0.15) is 44.4 Å². The molecule has 198 valence electrons. The number of benzene rings is 2. The Morgan fingerprint density at radius 3 is 2.51 bits per heavy atom. The van der Waals surface area contributed by atoms with Crippen molar-refractivity contribution in [2.45, 2.75) is 33.2 Å². The van der Waals surface area contributed by atoms with Crippen molar-refractivity contribution in [1.29, 1.82) is 0 Å². The number of nitrogens with zero attached hydrogens (tertiary/aromatic N) is 1. The van der Waals surface area contributed by atoms with Gasteiger partial charge in [-0.25, -0.2) is 0 Å². The molecule has 1 saturated heterocycles. The number of hydrogen-bond acceptors (Lipinski definition) is 7. The van der Waals surface area contributed by atoms with Gasteiger partial charge in [-0.05, 0) is 56.2 Å². The van der Waals surface area contributed by atoms with Gasteiger partial charge in [0.25, 0.3) is 5.91 Å². The van der Waals surface area contributed by atoms with Gasteiger partial charge in [0.05, 0.1) is 32.3 Å². The first kappa shape index (κ1) is 26.3. The number of rotatable bonds is 10. The highest BCUT2D eigenvalue weighted by atomic mass is 16.6. The van der Waals surface area contributed by atoms with Crippen molar-refractivity contribution in [1.82, 2.24) is 4.90 Å². The minimum Gasteiger partial charge on any atom is -0.872 e. The molecule has 1 unspecified atom stereocenters. The highest BCUT2D eigenvalue weighted by molar-refractivity contribution is 6.46. The molecule has 2 aromatic carbocycles. The van der Waals surface area contributed by atoms with Crippen LogP contribution in [0.3, 0.4) is 0 Å². The largest absolute Gasteiger partial charge is 0.872 e. The third-order valence-electron chi connectivity index (χ3n) is 6.86. The Labute approximate surface area is 216 Å². The van der Waals surface area contributed by atoms with Gasteiger partial charge in [-0.15, -0.1) is 0 Å². The lowest BCUT2D eigenvalue weighted by molar-refractivity contribution is -0.896. The minimum atomic E-state index is -0.896. The lowest BCUT2D eigenvalue weighted by Gasteiger charge is -2.28. The number of aromatic hydroxyl groups is 1. The Morgan fingerprint density at radius 1 is 1.08 bits per heavy atom. The van der Waals surface area contributed by atoms with Crippen LogP contribution in [0.5, 0.6) is 23.0 Å². The van der Waals surface area contributed by atoms with Crippen LogP contribution in [0.2, 0.25) is 0 Å². The summed E-state index contributed by atoms with van der Waals surface area (Å²) in [6.07, 6.45) is 0.675. The van der Waals surface area contributed by atoms with Gasteiger partial charge in [0.1, 0.15) is 13.2 Å². The molecule has 2 heterocycles. The second-order valence-electron chi connectivity index (χ2n) is 9.05. The van der Waals surface area contributed by atoms with E-state index in [1.807, 2.05) is 0 Å². The molecule has 0 aromatic heterocycles. The van der Waals surface area contributed by atoms with E-state index < -0.39 is 23.5 Å². The molecular weight excluding hydrogens is 476 g/mol. The number of hydrogen-bond donors (Lipinski definition) is 2. The van der Waals surface area contributed by atoms with Crippen LogP contribution in [-0.4, -0.2) is 67.7 Å². The maximum atomic E-state index is 13.8. The highest BCUT2D eigenvalue weighted by Gasteiger charge is 2.44. The number of amides is 1. The average Bonchev–Trinajstić information content (AvgIpc) is 3.16. The van der Waals surface area contributed by atoms with Crippen molar-refractivity contribution in [3.05, 3.63) is 53.1 Å². The summed E-state index contributed by atoms with van der Waals surface area (Å²) in [7, 11) is 0. The Bertz CT molecular complexity index is 1190. The topological polar surface area (TPSA) is 113 Å². The maximum Gasteiger partial charge on any atom is 0.295 e. The fraction of sp³-hybridized carbons (Fsp3) is 0.429. The number of likely N-dealkylation sites (tertiary alicyclic amines) is 1. The van der Waals surface area contributed by atoms with E-state index in [1.54, 1.807) is 37.3 Å². The van der Waals surface area contributed by atoms with Crippen molar-refractivity contribution < 1.29 is 38.9 Å². The molecule has 0 saturated carbocycles. The summed E-state index contributed by atoms with van der Waals surface area (Å²) in [5.74, 6) is -0.934. The van der Waals surface area contributed by atoms with Gasteiger partial charge in [0.15, 0.2) is 23.0 Å². The minimum absolute atomic E-state index is 0.0577. The molecule has 1 atom stereocenters. The Balaban J connectivity index is 1.77. The van der Waals surface area contributed by atoms with E-state index in [4.69, 9.17) is 14.2 Å². The molecule has 9 nitrogen and oxygen atoms in total. The molecule has 1 fully saturated rings. The summed E-state index contributed by atoms with van der Waals surface area (Å²) in [6.45, 7) is 10.2. The SMILES string of the molecule is CCOc1cc(C2C(=C([O-])c3ccc4c(c3)OCCO4)C(=O)C(=O)N2CCC[NH+](CC)CC)ccc1O. The van der Waals surface area contributed by atoms with Gasteiger partial charge in [0.2, 0.25) is 5.78 Å². The van der Waals surface area contributed by atoms with Crippen LogP contribution in [0, 0.1) is 0 Å². The summed E-state index contributed by atoms with van der Waals surface area (Å²) < 4.78 is 16.7. The molecule has 0 spiro atoms. The summed E-state index contributed by atoms with van der Waals surface area (Å²) in [5, 5.41) is 24.0. The number of ether oxygens (including phenoxy) is 3. The summed E-state index contributed by atoms with van der Waals surface area (Å²) in [6, 6.07) is 8.53. The number of ketones is 1. The molecule has 9 heteroatoms. The number of phenols is 1. The second-order valence-corrected chi connectivity index (χ2v) is 9.05. The lowest BCUT2D eigenvalue weighted by atomic mass is 9.94. The molecule has 2 aromatic rings. The standard InChI is InChI=1S/C28H34N2O7/c1-4-29(5-2)12-7-13-30-25(18-8-10-20(31)22(16-18)35-6-3)24(27(33)28(30)34)26(32)19-9-11-21-23(17-19)37-15-14-36-21/h8-11,16-17,25,31-32H,4-7,12-15H2,1-3H3. The average molecular weight is 511 g/mol. The molecular formula is C28H34N2O7. The quantitative estimate of drug-likeness (QED) is 0.280. The van der Waals surface area contributed by atoms with Crippen molar-refractivity contribution in [3.8, 4) is 23.0 Å². The van der Waals surface area contributed by atoms with Gasteiger partial charge >= 0.3 is 0 Å². The van der Waals surface area contributed by atoms with Gasteiger partial charge in [-0.2, -0.15) is 0 Å². The van der Waals surface area contributed by atoms with E-state index in [9.17, 15) is 19.8 Å². The third kappa shape index (κ3) is 5.36. The van der Waals surface area contributed by atoms with E-state index in [0.29, 0.717) is 49.8 Å². The van der Waals surface area contributed by atoms with Gasteiger partial charge in [0, 0.05) is 18.5 Å². The molecule has 0 radical (unpaired) electrons. The highest BCUT2D eigenvalue weighted by Crippen LogP contribution is 2.42. The van der Waals surface area contributed by atoms with Crippen molar-refractivity contribution >= 4 is 17.4 Å². The van der Waals surface area contributed by atoms with E-state index in [1.165, 1.54) is 15.9 Å². The van der Waals surface area contributed by atoms with Crippen molar-refractivity contribution in [2.75, 3.05) is 46.0 Å². The molecule has 0 bridgehead atoms. The van der Waals surface area contributed by atoms with Crippen LogP contribution >= 0.6 is 0 Å². The summed E-state index contributed by atoms with van der Waals surface area (Å²) >= 11 is 0. The number of quaternary nitrogens is 1. The zero-order valence-electron chi connectivity index (χ0n) is 21.5. The Hall–Kier alpha value is -3.72. The molecule has 1 amide bonds. The molecule has 0 aliphatic carbocycles. The molecule has 37 heavy (non-hydrogen) atoms. The first-order valence-electron chi connectivity index (χ1n) is 12.8. The summed E-state index contributed by atoms with van der Waals surface area (Å²) in [5.41, 5.74) is 0.644. The number of carbonyl (C=O) groups is 2. The van der Waals surface area contributed by atoms with Gasteiger partial charge < -0.3 is 34.2 Å². The molecule has 2 aliphatic rings. The van der Waals surface area contributed by atoms with Crippen LogP contribution < -0.4 is 24.2 Å².